The van der Waals surface area contributed by atoms with Gasteiger partial charge in [-0.2, -0.15) is 13.2 Å². The average molecular weight is 647 g/mol. The molecule has 3 heterocycles. The molecule has 0 radical (unpaired) electrons. The molecule has 4 aromatic rings. The van der Waals surface area contributed by atoms with Gasteiger partial charge in [-0.1, -0.05) is 29.5 Å². The van der Waals surface area contributed by atoms with E-state index in [-0.39, 0.29) is 33.8 Å². The highest BCUT2D eigenvalue weighted by molar-refractivity contribution is 9.10. The summed E-state index contributed by atoms with van der Waals surface area (Å²) in [5.74, 6) is 0.481. The molecular weight excluding hydrogens is 625 g/mol. The van der Waals surface area contributed by atoms with Gasteiger partial charge >= 0.3 is 12.1 Å². The van der Waals surface area contributed by atoms with Gasteiger partial charge in [0.2, 0.25) is 0 Å². The van der Waals surface area contributed by atoms with Crippen molar-refractivity contribution in [2.45, 2.75) is 26.1 Å². The maximum Gasteiger partial charge on any atom is 0.416 e. The van der Waals surface area contributed by atoms with Gasteiger partial charge in [-0.3, -0.25) is 9.36 Å². The number of methoxy groups -OCH3 is 1. The Morgan fingerprint density at radius 3 is 2.66 bits per heavy atom. The number of alkyl halides is 3. The fourth-order valence-electron chi connectivity index (χ4n) is 4.52. The van der Waals surface area contributed by atoms with Crippen LogP contribution in [0.15, 0.2) is 84.5 Å². The number of fused-ring (bicyclic) bond motifs is 1. The van der Waals surface area contributed by atoms with Crippen LogP contribution >= 0.6 is 27.3 Å². The van der Waals surface area contributed by atoms with Crippen molar-refractivity contribution in [2.24, 2.45) is 4.99 Å². The van der Waals surface area contributed by atoms with E-state index in [4.69, 9.17) is 13.9 Å². The van der Waals surface area contributed by atoms with E-state index in [1.54, 1.807) is 44.2 Å². The topological polar surface area (TPSA) is 83.0 Å². The highest BCUT2D eigenvalue weighted by Gasteiger charge is 2.34. The van der Waals surface area contributed by atoms with E-state index in [1.165, 1.54) is 29.9 Å². The summed E-state index contributed by atoms with van der Waals surface area (Å²) in [6.45, 7) is 3.52. The van der Waals surface area contributed by atoms with Gasteiger partial charge in [0.05, 0.1) is 45.6 Å². The van der Waals surface area contributed by atoms with E-state index in [0.29, 0.717) is 26.3 Å². The van der Waals surface area contributed by atoms with E-state index in [9.17, 15) is 22.8 Å². The minimum atomic E-state index is -4.49. The normalized spacial score (nSPS) is 15.5. The van der Waals surface area contributed by atoms with E-state index in [0.717, 1.165) is 23.5 Å². The Labute approximate surface area is 244 Å². The predicted octanol–water partition coefficient (Wildman–Crippen LogP) is 5.85. The minimum Gasteiger partial charge on any atom is -0.496 e. The molecule has 7 nitrogen and oxygen atoms in total. The second-order valence-corrected chi connectivity index (χ2v) is 10.8. The predicted molar refractivity (Wildman–Crippen MR) is 150 cm³/mol. The van der Waals surface area contributed by atoms with Gasteiger partial charge in [-0.05, 0) is 71.7 Å². The molecule has 12 heteroatoms. The molecule has 5 rings (SSSR count). The maximum atomic E-state index is 13.8. The van der Waals surface area contributed by atoms with Crippen molar-refractivity contribution >= 4 is 39.3 Å². The molecule has 1 aliphatic rings. The molecular formula is C29H22BrF3N2O5S. The molecule has 41 heavy (non-hydrogen) atoms. The zero-order chi connectivity index (χ0) is 29.5. The first-order valence-corrected chi connectivity index (χ1v) is 13.9. The van der Waals surface area contributed by atoms with Crippen molar-refractivity contribution in [3.05, 3.63) is 107 Å². The van der Waals surface area contributed by atoms with Gasteiger partial charge in [0.15, 0.2) is 4.80 Å². The molecule has 0 spiro atoms. The summed E-state index contributed by atoms with van der Waals surface area (Å²) in [5.41, 5.74) is 0.315. The molecule has 0 saturated heterocycles. The van der Waals surface area contributed by atoms with E-state index >= 15 is 0 Å². The Kier molecular flexibility index (Phi) is 7.80. The molecule has 0 saturated carbocycles. The third-order valence-electron chi connectivity index (χ3n) is 6.38. The van der Waals surface area contributed by atoms with Crippen LogP contribution in [0.2, 0.25) is 0 Å². The van der Waals surface area contributed by atoms with Crippen LogP contribution in [0.4, 0.5) is 13.2 Å². The number of esters is 1. The molecule has 1 unspecified atom stereocenters. The first kappa shape index (κ1) is 28.6. The fraction of sp³-hybridized carbons (Fsp3) is 0.207. The maximum absolute atomic E-state index is 13.8. The number of rotatable bonds is 6. The monoisotopic (exact) mass is 646 g/mol. The third-order valence-corrected chi connectivity index (χ3v) is 7.99. The number of carbonyl (C=O) groups is 1. The quantitative estimate of drug-likeness (QED) is 0.246. The van der Waals surface area contributed by atoms with Gasteiger partial charge in [0.25, 0.3) is 5.56 Å². The van der Waals surface area contributed by atoms with Gasteiger partial charge in [0.1, 0.15) is 17.3 Å². The summed E-state index contributed by atoms with van der Waals surface area (Å²) >= 11 is 4.58. The largest absolute Gasteiger partial charge is 0.496 e. The van der Waals surface area contributed by atoms with Gasteiger partial charge in [-0.15, -0.1) is 0 Å². The molecule has 2 aromatic heterocycles. The van der Waals surface area contributed by atoms with Crippen LogP contribution in [-0.4, -0.2) is 24.3 Å². The molecule has 2 aromatic carbocycles. The van der Waals surface area contributed by atoms with Crippen LogP contribution in [0.5, 0.6) is 5.75 Å². The standard InChI is InChI=1S/C29H22BrF3N2O5S/c1-4-39-27(37)24-15(2)34-28-35(25(24)17-8-10-22(38-3)20(30)13-17)26(36)23(41-28)14-19-9-11-21(40-19)16-6-5-7-18(12-16)29(31,32)33/h5-14,25H,4H2,1-3H3. The Morgan fingerprint density at radius 2 is 1.98 bits per heavy atom. The smallest absolute Gasteiger partial charge is 0.416 e. The number of halogens is 4. The second-order valence-electron chi connectivity index (χ2n) is 8.98. The third kappa shape index (κ3) is 5.53. The highest BCUT2D eigenvalue weighted by atomic mass is 79.9. The summed E-state index contributed by atoms with van der Waals surface area (Å²) in [6, 6.07) is 12.3. The number of furan rings is 1. The Hall–Kier alpha value is -3.90. The number of hydrogen-bond acceptors (Lipinski definition) is 7. The van der Waals surface area contributed by atoms with E-state index < -0.39 is 29.3 Å². The number of aromatic nitrogens is 1. The van der Waals surface area contributed by atoms with Gasteiger partial charge < -0.3 is 13.9 Å². The van der Waals surface area contributed by atoms with Crippen molar-refractivity contribution in [3.8, 4) is 17.1 Å². The van der Waals surface area contributed by atoms with Crippen molar-refractivity contribution in [1.82, 2.24) is 4.57 Å². The van der Waals surface area contributed by atoms with Crippen molar-refractivity contribution in [1.29, 1.82) is 0 Å². The van der Waals surface area contributed by atoms with E-state index in [2.05, 4.69) is 20.9 Å². The SMILES string of the molecule is CCOC(=O)C1=C(C)N=c2sc(=Cc3ccc(-c4cccc(C(F)(F)F)c4)o3)c(=O)n2C1c1ccc(OC)c(Br)c1. The lowest BCUT2D eigenvalue weighted by Crippen LogP contribution is -2.39. The van der Waals surface area contributed by atoms with Crippen molar-refractivity contribution in [3.63, 3.8) is 0 Å². The number of nitrogens with zero attached hydrogens (tertiary/aromatic N) is 2. The first-order chi connectivity index (χ1) is 19.5. The number of hydrogen-bond donors (Lipinski definition) is 0. The molecule has 212 valence electrons. The average Bonchev–Trinajstić information content (AvgIpc) is 3.52. The molecule has 0 fully saturated rings. The lowest BCUT2D eigenvalue weighted by Gasteiger charge is -2.25. The lowest BCUT2D eigenvalue weighted by atomic mass is 9.96. The summed E-state index contributed by atoms with van der Waals surface area (Å²) in [4.78, 5) is 31.7. The Bertz CT molecular complexity index is 1870. The molecule has 0 aliphatic carbocycles. The van der Waals surface area contributed by atoms with Crippen LogP contribution in [0.25, 0.3) is 17.4 Å². The number of benzene rings is 2. The van der Waals surface area contributed by atoms with Crippen LogP contribution < -0.4 is 19.6 Å². The fourth-order valence-corrected chi connectivity index (χ4v) is 6.11. The van der Waals surface area contributed by atoms with Crippen LogP contribution in [0, 0.1) is 0 Å². The van der Waals surface area contributed by atoms with Gasteiger partial charge in [0, 0.05) is 11.6 Å². The van der Waals surface area contributed by atoms with Gasteiger partial charge in [-0.25, -0.2) is 9.79 Å². The van der Waals surface area contributed by atoms with Crippen molar-refractivity contribution < 1.29 is 31.9 Å². The zero-order valence-corrected chi connectivity index (χ0v) is 24.3. The number of allylic oxidation sites excluding steroid dienone is 1. The molecule has 0 amide bonds. The number of ether oxygens (including phenoxy) is 2. The number of thiazole rings is 1. The Morgan fingerprint density at radius 1 is 1.20 bits per heavy atom. The minimum absolute atomic E-state index is 0.145. The highest BCUT2D eigenvalue weighted by Crippen LogP contribution is 2.35. The summed E-state index contributed by atoms with van der Waals surface area (Å²) in [7, 11) is 1.53. The molecule has 1 aliphatic heterocycles. The molecule has 0 bridgehead atoms. The second kappa shape index (κ2) is 11.2. The van der Waals surface area contributed by atoms with Crippen molar-refractivity contribution in [2.75, 3.05) is 13.7 Å². The van der Waals surface area contributed by atoms with Crippen LogP contribution in [0.3, 0.4) is 0 Å². The van der Waals surface area contributed by atoms with Crippen LogP contribution in [-0.2, 0) is 15.7 Å². The Balaban J connectivity index is 1.62. The zero-order valence-electron chi connectivity index (χ0n) is 21.9. The first-order valence-electron chi connectivity index (χ1n) is 12.3. The summed E-state index contributed by atoms with van der Waals surface area (Å²) < 4.78 is 58.3. The van der Waals surface area contributed by atoms with Crippen LogP contribution in [0.1, 0.15) is 36.8 Å². The molecule has 0 N–H and O–H groups in total. The van der Waals surface area contributed by atoms with E-state index in [1.807, 2.05) is 0 Å². The molecule has 1 atom stereocenters. The lowest BCUT2D eigenvalue weighted by molar-refractivity contribution is -0.139. The summed E-state index contributed by atoms with van der Waals surface area (Å²) in [5, 5.41) is 0. The summed E-state index contributed by atoms with van der Waals surface area (Å²) in [6.07, 6.45) is -2.98. The number of carbonyl (C=O) groups excluding carboxylic acids is 1.